The van der Waals surface area contributed by atoms with Crippen molar-refractivity contribution in [2.75, 3.05) is 7.11 Å². The third-order valence-corrected chi connectivity index (χ3v) is 5.56. The van der Waals surface area contributed by atoms with Gasteiger partial charge >= 0.3 is 0 Å². The average molecular weight is 409 g/mol. The molecule has 0 saturated heterocycles. The van der Waals surface area contributed by atoms with Gasteiger partial charge in [-0.15, -0.1) is 10.2 Å². The highest BCUT2D eigenvalue weighted by Crippen LogP contribution is 2.31. The minimum atomic E-state index is 0.606. The van der Waals surface area contributed by atoms with E-state index in [1.165, 1.54) is 11.3 Å². The fraction of sp³-hybridized carbons (Fsp3) is 0.0526. The highest BCUT2D eigenvalue weighted by molar-refractivity contribution is 7.19. The van der Waals surface area contributed by atoms with Crippen LogP contribution in [0.3, 0.4) is 0 Å². The molecule has 5 rings (SSSR count). The van der Waals surface area contributed by atoms with Crippen LogP contribution in [0.15, 0.2) is 54.6 Å². The zero-order chi connectivity index (χ0) is 19.1. The van der Waals surface area contributed by atoms with Crippen LogP contribution in [0.2, 0.25) is 5.02 Å². The summed E-state index contributed by atoms with van der Waals surface area (Å²) in [5.41, 5.74) is 3.42. The zero-order valence-electron chi connectivity index (χ0n) is 14.6. The van der Waals surface area contributed by atoms with Crippen LogP contribution < -0.4 is 4.74 Å². The number of nitrogens with zero attached hydrogens (tertiary/aromatic N) is 5. The molecule has 9 heteroatoms. The standard InChI is InChI=1S/C19H13ClN6OS/c1-27-12-8-6-11(7-9-12)15-10-16(22-21-15)18-25-26-17(23-24-19(26)28-18)13-4-2-3-5-14(13)20/h2-10H,1H3,(H,21,22). The number of aromatic amines is 1. The molecule has 0 radical (unpaired) electrons. The van der Waals surface area contributed by atoms with E-state index < -0.39 is 0 Å². The molecule has 28 heavy (non-hydrogen) atoms. The van der Waals surface area contributed by atoms with Gasteiger partial charge in [-0.1, -0.05) is 35.1 Å². The van der Waals surface area contributed by atoms with Crippen LogP contribution in [0.4, 0.5) is 0 Å². The van der Waals surface area contributed by atoms with Crippen molar-refractivity contribution in [3.05, 3.63) is 59.6 Å². The molecule has 7 nitrogen and oxygen atoms in total. The van der Waals surface area contributed by atoms with Crippen molar-refractivity contribution in [3.8, 4) is 39.1 Å². The van der Waals surface area contributed by atoms with Gasteiger partial charge in [-0.3, -0.25) is 5.10 Å². The third-order valence-electron chi connectivity index (χ3n) is 4.30. The normalized spacial score (nSPS) is 11.2. The van der Waals surface area contributed by atoms with Crippen LogP contribution in [-0.2, 0) is 0 Å². The Bertz CT molecular complexity index is 1270. The summed E-state index contributed by atoms with van der Waals surface area (Å²) in [6, 6.07) is 17.2. The summed E-state index contributed by atoms with van der Waals surface area (Å²) in [7, 11) is 1.65. The zero-order valence-corrected chi connectivity index (χ0v) is 16.2. The van der Waals surface area contributed by atoms with E-state index in [1.807, 2.05) is 54.6 Å². The summed E-state index contributed by atoms with van der Waals surface area (Å²) >= 11 is 7.73. The van der Waals surface area contributed by atoms with Crippen molar-refractivity contribution in [2.24, 2.45) is 0 Å². The molecular weight excluding hydrogens is 396 g/mol. The highest BCUT2D eigenvalue weighted by atomic mass is 35.5. The van der Waals surface area contributed by atoms with Gasteiger partial charge in [0.15, 0.2) is 10.8 Å². The summed E-state index contributed by atoms with van der Waals surface area (Å²) in [6.07, 6.45) is 0. The summed E-state index contributed by atoms with van der Waals surface area (Å²) in [4.78, 5) is 0.686. The molecule has 0 bridgehead atoms. The Balaban J connectivity index is 1.52. The van der Waals surface area contributed by atoms with Gasteiger partial charge in [-0.05, 0) is 42.5 Å². The monoisotopic (exact) mass is 408 g/mol. The number of halogens is 1. The smallest absolute Gasteiger partial charge is 0.235 e. The number of hydrogen-bond donors (Lipinski definition) is 1. The Morgan fingerprint density at radius 1 is 1.07 bits per heavy atom. The summed E-state index contributed by atoms with van der Waals surface area (Å²) < 4.78 is 6.90. The summed E-state index contributed by atoms with van der Waals surface area (Å²) in [5, 5.41) is 21.9. The van der Waals surface area contributed by atoms with Crippen molar-refractivity contribution >= 4 is 27.9 Å². The van der Waals surface area contributed by atoms with Crippen molar-refractivity contribution in [1.82, 2.24) is 30.0 Å². The maximum absolute atomic E-state index is 6.30. The van der Waals surface area contributed by atoms with E-state index in [1.54, 1.807) is 11.6 Å². The van der Waals surface area contributed by atoms with Crippen LogP contribution in [-0.4, -0.2) is 37.1 Å². The second-order valence-corrected chi connectivity index (χ2v) is 7.36. The van der Waals surface area contributed by atoms with Crippen molar-refractivity contribution < 1.29 is 4.74 Å². The van der Waals surface area contributed by atoms with Crippen LogP contribution in [0.1, 0.15) is 0 Å². The maximum Gasteiger partial charge on any atom is 0.235 e. The Labute approximate surface area is 168 Å². The molecule has 0 amide bonds. The number of fused-ring (bicyclic) bond motifs is 1. The number of H-pyrrole nitrogens is 1. The molecule has 0 unspecified atom stereocenters. The Morgan fingerprint density at radius 2 is 1.89 bits per heavy atom. The van der Waals surface area contributed by atoms with Gasteiger partial charge in [0.25, 0.3) is 0 Å². The number of benzene rings is 2. The fourth-order valence-electron chi connectivity index (χ4n) is 2.88. The maximum atomic E-state index is 6.30. The largest absolute Gasteiger partial charge is 0.497 e. The number of rotatable bonds is 4. The van der Waals surface area contributed by atoms with Gasteiger partial charge in [0.1, 0.15) is 5.75 Å². The van der Waals surface area contributed by atoms with E-state index in [0.717, 1.165) is 33.3 Å². The molecule has 3 aromatic heterocycles. The van der Waals surface area contributed by atoms with Gasteiger partial charge in [-0.2, -0.15) is 14.7 Å². The lowest BCUT2D eigenvalue weighted by molar-refractivity contribution is 0.415. The van der Waals surface area contributed by atoms with Crippen molar-refractivity contribution in [1.29, 1.82) is 0 Å². The van der Waals surface area contributed by atoms with Crippen LogP contribution in [0, 0.1) is 0 Å². The van der Waals surface area contributed by atoms with E-state index in [0.29, 0.717) is 15.8 Å². The first kappa shape index (κ1) is 16.9. The second kappa shape index (κ2) is 6.74. The molecule has 1 N–H and O–H groups in total. The van der Waals surface area contributed by atoms with E-state index in [2.05, 4.69) is 25.5 Å². The number of nitrogens with one attached hydrogen (secondary N) is 1. The predicted molar refractivity (Wildman–Crippen MR) is 109 cm³/mol. The average Bonchev–Trinajstić information content (AvgIpc) is 3.44. The molecule has 0 atom stereocenters. The molecule has 0 aliphatic heterocycles. The van der Waals surface area contributed by atoms with Gasteiger partial charge in [0.05, 0.1) is 23.5 Å². The van der Waals surface area contributed by atoms with E-state index in [9.17, 15) is 0 Å². The molecule has 0 spiro atoms. The SMILES string of the molecule is COc1ccc(-c2cc(-c3nn4c(-c5ccccc5Cl)nnc4s3)[nH]n2)cc1. The molecular formula is C19H13ClN6OS. The summed E-state index contributed by atoms with van der Waals surface area (Å²) in [6.45, 7) is 0. The minimum absolute atomic E-state index is 0.606. The predicted octanol–water partition coefficient (Wildman–Crippen LogP) is 4.57. The van der Waals surface area contributed by atoms with Gasteiger partial charge < -0.3 is 4.74 Å². The van der Waals surface area contributed by atoms with Gasteiger partial charge in [0, 0.05) is 11.1 Å². The topological polar surface area (TPSA) is 81.0 Å². The van der Waals surface area contributed by atoms with Crippen LogP contribution in [0.25, 0.3) is 38.3 Å². The lowest BCUT2D eigenvalue weighted by atomic mass is 10.1. The number of aromatic nitrogens is 6. The molecule has 0 fully saturated rings. The third kappa shape index (κ3) is 2.83. The molecule has 0 aliphatic carbocycles. The molecule has 5 aromatic rings. The number of methoxy groups -OCH3 is 1. The Morgan fingerprint density at radius 3 is 2.68 bits per heavy atom. The molecule has 0 saturated carbocycles. The minimum Gasteiger partial charge on any atom is -0.497 e. The number of hydrogen-bond acceptors (Lipinski definition) is 6. The Hall–Kier alpha value is -3.23. The van der Waals surface area contributed by atoms with E-state index >= 15 is 0 Å². The van der Waals surface area contributed by atoms with Crippen molar-refractivity contribution in [3.63, 3.8) is 0 Å². The second-order valence-electron chi connectivity index (χ2n) is 6.00. The van der Waals surface area contributed by atoms with Gasteiger partial charge in [0.2, 0.25) is 4.96 Å². The quantitative estimate of drug-likeness (QED) is 0.471. The van der Waals surface area contributed by atoms with Crippen molar-refractivity contribution in [2.45, 2.75) is 0 Å². The first-order chi connectivity index (χ1) is 13.7. The van der Waals surface area contributed by atoms with E-state index in [4.69, 9.17) is 16.3 Å². The highest BCUT2D eigenvalue weighted by Gasteiger charge is 2.17. The fourth-order valence-corrected chi connectivity index (χ4v) is 3.90. The summed E-state index contributed by atoms with van der Waals surface area (Å²) in [5.74, 6) is 1.42. The first-order valence-electron chi connectivity index (χ1n) is 8.40. The molecule has 2 aromatic carbocycles. The first-order valence-corrected chi connectivity index (χ1v) is 9.60. The van der Waals surface area contributed by atoms with E-state index in [-0.39, 0.29) is 0 Å². The number of ether oxygens (including phenoxy) is 1. The lowest BCUT2D eigenvalue weighted by Gasteiger charge is -1.99. The Kier molecular flexibility index (Phi) is 4.07. The lowest BCUT2D eigenvalue weighted by Crippen LogP contribution is -1.91. The molecule has 138 valence electrons. The molecule has 3 heterocycles. The van der Waals surface area contributed by atoms with Gasteiger partial charge in [-0.25, -0.2) is 0 Å². The van der Waals surface area contributed by atoms with Crippen LogP contribution in [0.5, 0.6) is 5.75 Å². The molecule has 0 aliphatic rings. The van der Waals surface area contributed by atoms with Crippen LogP contribution >= 0.6 is 22.9 Å².